The van der Waals surface area contributed by atoms with E-state index in [4.69, 9.17) is 0 Å². The minimum Gasteiger partial charge on any atom is -0.318 e. The molecule has 1 fully saturated rings. The van der Waals surface area contributed by atoms with Crippen LogP contribution in [0.4, 0.5) is 18.0 Å². The van der Waals surface area contributed by atoms with Crippen LogP contribution in [0.25, 0.3) is 0 Å². The number of carbonyl (C=O) groups is 3. The van der Waals surface area contributed by atoms with Crippen LogP contribution in [-0.4, -0.2) is 34.6 Å². The third kappa shape index (κ3) is 4.00. The molecule has 1 saturated heterocycles. The van der Waals surface area contributed by atoms with Gasteiger partial charge in [0.1, 0.15) is 0 Å². The molecule has 0 saturated carbocycles. The van der Waals surface area contributed by atoms with Gasteiger partial charge in [-0.15, -0.1) is 0 Å². The summed E-state index contributed by atoms with van der Waals surface area (Å²) in [6, 6.07) is 14.7. The fraction of sp³-hybridized carbons (Fsp3) is 0.286. The van der Waals surface area contributed by atoms with Gasteiger partial charge in [-0.25, -0.2) is 4.79 Å². The largest absolute Gasteiger partial charge is 0.440 e. The van der Waals surface area contributed by atoms with Crippen LogP contribution in [-0.2, 0) is 16.0 Å². The van der Waals surface area contributed by atoms with Crippen LogP contribution < -0.4 is 10.6 Å². The molecule has 0 bridgehead atoms. The molecular formula is C21H20F3N3O3. The zero-order valence-electron chi connectivity index (χ0n) is 16.1. The number of nitrogens with one attached hydrogen (secondary N) is 2. The Hall–Kier alpha value is -3.36. The number of benzene rings is 2. The molecule has 0 radical (unpaired) electrons. The SMILES string of the molecule is C[C@@H](c1ccccc1)N1C(=O)N[C@](NC(=O)CCc2ccccc2)(C(F)(F)F)C1=O. The standard InChI is InChI=1S/C21H20F3N3O3/c1-14(16-10-6-3-7-11-16)27-18(29)20(21(22,23)24,26-19(27)30)25-17(28)13-12-15-8-4-2-5-9-15/h2-11,14H,12-13H2,1H3,(H,25,28)(H,26,30)/t14-,20-/m0/s1. The summed E-state index contributed by atoms with van der Waals surface area (Å²) >= 11 is 0. The third-order valence-corrected chi connectivity index (χ3v) is 4.96. The van der Waals surface area contributed by atoms with Gasteiger partial charge in [-0.1, -0.05) is 60.7 Å². The first-order valence-electron chi connectivity index (χ1n) is 9.28. The normalized spacial score (nSPS) is 20.1. The summed E-state index contributed by atoms with van der Waals surface area (Å²) in [4.78, 5) is 38.0. The quantitative estimate of drug-likeness (QED) is 0.706. The number of alkyl halides is 3. The summed E-state index contributed by atoms with van der Waals surface area (Å²) in [5, 5.41) is 3.40. The Labute approximate surface area is 171 Å². The molecule has 9 heteroatoms. The van der Waals surface area contributed by atoms with Crippen molar-refractivity contribution in [1.82, 2.24) is 15.5 Å². The second-order valence-electron chi connectivity index (χ2n) is 6.97. The highest BCUT2D eigenvalue weighted by atomic mass is 19.4. The molecule has 1 aliphatic heterocycles. The van der Waals surface area contributed by atoms with Crippen LogP contribution in [0.15, 0.2) is 60.7 Å². The van der Waals surface area contributed by atoms with E-state index in [1.54, 1.807) is 71.3 Å². The zero-order chi connectivity index (χ0) is 21.9. The number of imide groups is 1. The van der Waals surface area contributed by atoms with Crippen molar-refractivity contribution < 1.29 is 27.6 Å². The molecule has 0 aliphatic carbocycles. The molecule has 1 heterocycles. The summed E-state index contributed by atoms with van der Waals surface area (Å²) in [5.74, 6) is -2.57. The monoisotopic (exact) mass is 419 g/mol. The van der Waals surface area contributed by atoms with Crippen molar-refractivity contribution in [2.75, 3.05) is 0 Å². The molecular weight excluding hydrogens is 399 g/mol. The van der Waals surface area contributed by atoms with Gasteiger partial charge in [-0.2, -0.15) is 13.2 Å². The molecule has 158 valence electrons. The van der Waals surface area contributed by atoms with E-state index < -0.39 is 35.7 Å². The van der Waals surface area contributed by atoms with E-state index in [1.807, 2.05) is 0 Å². The van der Waals surface area contributed by atoms with Crippen LogP contribution in [0.5, 0.6) is 0 Å². The summed E-state index contributed by atoms with van der Waals surface area (Å²) in [6.45, 7) is 1.44. The van der Waals surface area contributed by atoms with E-state index in [2.05, 4.69) is 0 Å². The number of aryl methyl sites for hydroxylation is 1. The Morgan fingerprint density at radius 1 is 1.07 bits per heavy atom. The first kappa shape index (κ1) is 21.4. The minimum atomic E-state index is -5.23. The highest BCUT2D eigenvalue weighted by Crippen LogP contribution is 2.37. The topological polar surface area (TPSA) is 78.5 Å². The first-order chi connectivity index (χ1) is 14.2. The summed E-state index contributed by atoms with van der Waals surface area (Å²) in [6.07, 6.45) is -5.32. The van der Waals surface area contributed by atoms with Crippen LogP contribution in [0.3, 0.4) is 0 Å². The van der Waals surface area contributed by atoms with Crippen molar-refractivity contribution in [2.24, 2.45) is 0 Å². The second kappa shape index (κ2) is 8.17. The maximum Gasteiger partial charge on any atom is 0.440 e. The zero-order valence-corrected chi connectivity index (χ0v) is 16.1. The van der Waals surface area contributed by atoms with Crippen molar-refractivity contribution >= 4 is 17.8 Å². The molecule has 6 nitrogen and oxygen atoms in total. The Morgan fingerprint density at radius 3 is 2.20 bits per heavy atom. The van der Waals surface area contributed by atoms with Gasteiger partial charge in [0.15, 0.2) is 0 Å². The Bertz CT molecular complexity index is 935. The van der Waals surface area contributed by atoms with Gasteiger partial charge in [0.2, 0.25) is 5.91 Å². The minimum absolute atomic E-state index is 0.187. The Balaban J connectivity index is 1.82. The number of hydrogen-bond acceptors (Lipinski definition) is 3. The van der Waals surface area contributed by atoms with Gasteiger partial charge in [0.05, 0.1) is 6.04 Å². The van der Waals surface area contributed by atoms with Crippen molar-refractivity contribution in [3.63, 3.8) is 0 Å². The maximum atomic E-state index is 13.9. The van der Waals surface area contributed by atoms with Crippen LogP contribution in [0.1, 0.15) is 30.5 Å². The first-order valence-corrected chi connectivity index (χ1v) is 9.28. The lowest BCUT2D eigenvalue weighted by molar-refractivity contribution is -0.204. The molecule has 4 amide bonds. The number of halogens is 3. The molecule has 30 heavy (non-hydrogen) atoms. The number of urea groups is 1. The maximum absolute atomic E-state index is 13.9. The number of rotatable bonds is 6. The smallest absolute Gasteiger partial charge is 0.318 e. The number of nitrogens with zero attached hydrogens (tertiary/aromatic N) is 1. The lowest BCUT2D eigenvalue weighted by atomic mass is 10.0. The van der Waals surface area contributed by atoms with Crippen molar-refractivity contribution in [2.45, 2.75) is 37.6 Å². The number of amides is 4. The number of hydrogen-bond donors (Lipinski definition) is 2. The molecule has 0 spiro atoms. The molecule has 3 rings (SSSR count). The van der Waals surface area contributed by atoms with E-state index in [1.165, 1.54) is 6.92 Å². The number of carbonyl (C=O) groups excluding carboxylic acids is 3. The van der Waals surface area contributed by atoms with E-state index in [0.29, 0.717) is 10.5 Å². The van der Waals surface area contributed by atoms with Crippen molar-refractivity contribution in [3.05, 3.63) is 71.8 Å². The lowest BCUT2D eigenvalue weighted by Gasteiger charge is -2.30. The molecule has 0 unspecified atom stereocenters. The van der Waals surface area contributed by atoms with E-state index in [-0.39, 0.29) is 12.8 Å². The fourth-order valence-electron chi connectivity index (χ4n) is 3.30. The van der Waals surface area contributed by atoms with Gasteiger partial charge in [-0.05, 0) is 24.5 Å². The van der Waals surface area contributed by atoms with Crippen LogP contribution in [0.2, 0.25) is 0 Å². The molecule has 2 atom stereocenters. The average molecular weight is 419 g/mol. The molecule has 2 aromatic carbocycles. The molecule has 2 N–H and O–H groups in total. The van der Waals surface area contributed by atoms with E-state index in [0.717, 1.165) is 5.56 Å². The van der Waals surface area contributed by atoms with Crippen molar-refractivity contribution in [1.29, 1.82) is 0 Å². The predicted molar refractivity (Wildman–Crippen MR) is 102 cm³/mol. The van der Waals surface area contributed by atoms with Gasteiger partial charge in [-0.3, -0.25) is 19.8 Å². The Morgan fingerprint density at radius 2 is 1.63 bits per heavy atom. The molecule has 1 aliphatic rings. The van der Waals surface area contributed by atoms with E-state index in [9.17, 15) is 27.6 Å². The van der Waals surface area contributed by atoms with Gasteiger partial charge < -0.3 is 5.32 Å². The summed E-state index contributed by atoms with van der Waals surface area (Å²) in [7, 11) is 0. The van der Waals surface area contributed by atoms with Crippen LogP contribution >= 0.6 is 0 Å². The third-order valence-electron chi connectivity index (χ3n) is 4.96. The summed E-state index contributed by atoms with van der Waals surface area (Å²) in [5.41, 5.74) is -2.26. The van der Waals surface area contributed by atoms with Crippen molar-refractivity contribution in [3.8, 4) is 0 Å². The highest BCUT2D eigenvalue weighted by Gasteiger charge is 2.69. The Kier molecular flexibility index (Phi) is 5.82. The second-order valence-corrected chi connectivity index (χ2v) is 6.97. The van der Waals surface area contributed by atoms with Gasteiger partial charge >= 0.3 is 12.2 Å². The summed E-state index contributed by atoms with van der Waals surface area (Å²) < 4.78 is 41.8. The fourth-order valence-corrected chi connectivity index (χ4v) is 3.30. The molecule has 0 aromatic heterocycles. The lowest BCUT2D eigenvalue weighted by Crippen LogP contribution is -2.69. The van der Waals surface area contributed by atoms with Gasteiger partial charge in [0, 0.05) is 6.42 Å². The molecule has 2 aromatic rings. The van der Waals surface area contributed by atoms with Crippen LogP contribution in [0, 0.1) is 0 Å². The average Bonchev–Trinajstić information content (AvgIpc) is 2.97. The van der Waals surface area contributed by atoms with Gasteiger partial charge in [0.25, 0.3) is 11.6 Å². The van der Waals surface area contributed by atoms with E-state index >= 15 is 0 Å². The predicted octanol–water partition coefficient (Wildman–Crippen LogP) is 3.31. The highest BCUT2D eigenvalue weighted by molar-refractivity contribution is 6.09.